The largest absolute Gasteiger partial charge is 0.459 e. The van der Waals surface area contributed by atoms with Crippen molar-refractivity contribution in [2.24, 2.45) is 5.92 Å². The first-order valence-electron chi connectivity index (χ1n) is 24.7. The normalized spacial score (nSPS) is 19.3. The van der Waals surface area contributed by atoms with Crippen molar-refractivity contribution in [3.63, 3.8) is 0 Å². The number of rotatable bonds is 21. The number of nitrogens with zero attached hydrogens (tertiary/aromatic N) is 2. The van der Waals surface area contributed by atoms with Crippen molar-refractivity contribution in [1.82, 2.24) is 4.90 Å². The van der Waals surface area contributed by atoms with Gasteiger partial charge in [0, 0.05) is 75.1 Å². The fourth-order valence-corrected chi connectivity index (χ4v) is 8.61. The third-order valence-electron chi connectivity index (χ3n) is 11.8. The van der Waals surface area contributed by atoms with E-state index >= 15 is 0 Å². The average Bonchev–Trinajstić information content (AvgIpc) is 3.30. The Kier molecular flexibility index (Phi) is 20.7. The van der Waals surface area contributed by atoms with Crippen molar-refractivity contribution in [3.05, 3.63) is 89.8 Å². The molecule has 3 heterocycles. The Morgan fingerprint density at radius 2 is 1.51 bits per heavy atom. The quantitative estimate of drug-likeness (QED) is 0.0338. The van der Waals surface area contributed by atoms with Crippen LogP contribution in [0.1, 0.15) is 141 Å². The van der Waals surface area contributed by atoms with Gasteiger partial charge in [-0.2, -0.15) is 0 Å². The zero-order chi connectivity index (χ0) is 51.7. The number of carbonyl (C=O) groups is 7. The maximum Gasteiger partial charge on any atom is 0.412 e. The van der Waals surface area contributed by atoms with Crippen LogP contribution in [0, 0.1) is 5.92 Å². The number of ketones is 1. The van der Waals surface area contributed by atoms with E-state index in [-0.39, 0.29) is 29.8 Å². The van der Waals surface area contributed by atoms with Crippen LogP contribution in [0.5, 0.6) is 5.75 Å². The maximum absolute atomic E-state index is 13.3. The molecule has 0 bridgehead atoms. The van der Waals surface area contributed by atoms with Gasteiger partial charge < -0.3 is 38.6 Å². The number of likely N-dealkylation sites (tertiary alicyclic amines) is 1. The second-order valence-corrected chi connectivity index (χ2v) is 19.1. The van der Waals surface area contributed by atoms with Crippen LogP contribution in [-0.4, -0.2) is 95.9 Å². The van der Waals surface area contributed by atoms with Gasteiger partial charge in [0.25, 0.3) is 5.91 Å². The molecule has 0 unspecified atom stereocenters. The molecule has 3 aromatic rings. The van der Waals surface area contributed by atoms with E-state index < -0.39 is 60.3 Å². The third-order valence-corrected chi connectivity index (χ3v) is 11.8. The number of hydrogen-bond acceptors (Lipinski definition) is 13. The van der Waals surface area contributed by atoms with Crippen molar-refractivity contribution in [2.75, 3.05) is 23.7 Å². The molecule has 0 aliphatic carbocycles. The Morgan fingerprint density at radius 3 is 2.18 bits per heavy atom. The van der Waals surface area contributed by atoms with Crippen LogP contribution >= 0.6 is 0 Å². The number of benzene rings is 2. The molecular formula is C54H71N4O13+. The van der Waals surface area contributed by atoms with Crippen molar-refractivity contribution in [2.45, 2.75) is 162 Å². The summed E-state index contributed by atoms with van der Waals surface area (Å²) in [6.07, 6.45) is 8.14. The lowest BCUT2D eigenvalue weighted by Gasteiger charge is -2.44. The maximum atomic E-state index is 13.3. The summed E-state index contributed by atoms with van der Waals surface area (Å²) in [5.41, 5.74) is 2.37. The topological polar surface area (TPSA) is 206 Å². The Morgan fingerprint density at radius 1 is 0.803 bits per heavy atom. The molecule has 17 nitrogen and oxygen atoms in total. The summed E-state index contributed by atoms with van der Waals surface area (Å²) < 4.78 is 36.5. The molecule has 2 N–H and O–H groups in total. The number of amides is 3. The van der Waals surface area contributed by atoms with Crippen LogP contribution in [0.25, 0.3) is 6.08 Å². The minimum atomic E-state index is -1.34. The summed E-state index contributed by atoms with van der Waals surface area (Å²) in [5.74, 6) is -1.57. The summed E-state index contributed by atoms with van der Waals surface area (Å²) >= 11 is 0. The molecule has 1 aromatic heterocycles. The van der Waals surface area contributed by atoms with E-state index in [2.05, 4.69) is 10.6 Å². The van der Waals surface area contributed by atoms with Crippen molar-refractivity contribution >= 4 is 59.0 Å². The highest BCUT2D eigenvalue weighted by atomic mass is 16.7. The second kappa shape index (κ2) is 26.6. The first kappa shape index (κ1) is 55.3. The molecule has 0 saturated carbocycles. The number of ether oxygens (including phenoxy) is 6. The van der Waals surface area contributed by atoms with Crippen molar-refractivity contribution < 1.29 is 66.6 Å². The van der Waals surface area contributed by atoms with E-state index in [9.17, 15) is 33.6 Å². The summed E-state index contributed by atoms with van der Waals surface area (Å²) in [6.45, 7) is 14.4. The Bertz CT molecular complexity index is 2370. The van der Waals surface area contributed by atoms with Gasteiger partial charge in [-0.3, -0.25) is 34.1 Å². The van der Waals surface area contributed by atoms with E-state index in [1.54, 1.807) is 76.2 Å². The highest BCUT2D eigenvalue weighted by molar-refractivity contribution is 5.96. The lowest BCUT2D eigenvalue weighted by molar-refractivity contribution is -0.688. The number of unbranched alkanes of at least 4 members (excludes halogenated alkanes) is 2. The molecule has 71 heavy (non-hydrogen) atoms. The lowest BCUT2D eigenvalue weighted by Crippen LogP contribution is -2.62. The number of allylic oxidation sites excluding steroid dienone is 1. The minimum absolute atomic E-state index is 0.0462. The number of aromatic nitrogens is 1. The van der Waals surface area contributed by atoms with Crippen LogP contribution in [0.15, 0.2) is 73.1 Å². The molecule has 2 saturated heterocycles. The van der Waals surface area contributed by atoms with E-state index in [1.165, 1.54) is 20.8 Å². The number of pyridine rings is 1. The van der Waals surface area contributed by atoms with E-state index in [1.807, 2.05) is 47.0 Å². The molecule has 3 amide bonds. The van der Waals surface area contributed by atoms with Gasteiger partial charge in [0.15, 0.2) is 36.9 Å². The van der Waals surface area contributed by atoms with Gasteiger partial charge in [0.05, 0.1) is 5.69 Å². The number of esters is 3. The molecule has 2 aliphatic rings. The van der Waals surface area contributed by atoms with Crippen LogP contribution < -0.4 is 19.9 Å². The predicted molar refractivity (Wildman–Crippen MR) is 264 cm³/mol. The average molecular weight is 984 g/mol. The molecule has 2 aliphatic heterocycles. The fraction of sp³-hybridized carbons (Fsp3) is 0.519. The number of anilines is 2. The Labute approximate surface area is 416 Å². The molecule has 5 atom stereocenters. The first-order chi connectivity index (χ1) is 33.8. The van der Waals surface area contributed by atoms with Crippen molar-refractivity contribution in [3.8, 4) is 5.75 Å². The monoisotopic (exact) mass is 984 g/mol. The highest BCUT2D eigenvalue weighted by Gasteiger charge is 2.52. The third kappa shape index (κ3) is 17.9. The van der Waals surface area contributed by atoms with Gasteiger partial charge >= 0.3 is 24.0 Å². The molecular weight excluding hydrogens is 913 g/mol. The predicted octanol–water partition coefficient (Wildman–Crippen LogP) is 8.50. The minimum Gasteiger partial charge on any atom is -0.459 e. The zero-order valence-corrected chi connectivity index (χ0v) is 42.4. The summed E-state index contributed by atoms with van der Waals surface area (Å²) in [7, 11) is 0. The van der Waals surface area contributed by atoms with Crippen molar-refractivity contribution in [1.29, 1.82) is 0 Å². The van der Waals surface area contributed by atoms with Crippen LogP contribution in [0.3, 0.4) is 0 Å². The van der Waals surface area contributed by atoms with E-state index in [4.69, 9.17) is 28.4 Å². The standard InChI is InChI=1S/C54H70N4O13/c1-9-16-47(63)56-44-31-40(23-25-46(44)70-52-50(68-37(5)61)49(67-36(4)60)48(66-35(3)59)45(10-2)69-52)34-57-28-15-18-39(33-57)22-24-43(62)21-13-11-12-17-38-26-29-58(30-27-38)51(64)41-19-14-20-42(32-41)55-53(65)71-54(6,7)8/h14-15,18-20,22-25,28,31-33,38,45,48-50,52H,9-13,16-17,21,26-27,29-30,34H2,1-8H3,(H-,55,56,63,65)/p+1/b24-22+/t45-,48-,49+,50+,52-/m1/s1. The van der Waals surface area contributed by atoms with E-state index in [0.29, 0.717) is 61.8 Å². The summed E-state index contributed by atoms with van der Waals surface area (Å²) in [6, 6.07) is 16.0. The van der Waals surface area contributed by atoms with Gasteiger partial charge in [-0.15, -0.1) is 0 Å². The molecule has 2 fully saturated rings. The van der Waals surface area contributed by atoms with Gasteiger partial charge in [0.2, 0.25) is 18.3 Å². The molecule has 0 spiro atoms. The highest BCUT2D eigenvalue weighted by Crippen LogP contribution is 2.35. The molecule has 2 aromatic carbocycles. The fourth-order valence-electron chi connectivity index (χ4n) is 8.61. The van der Waals surface area contributed by atoms with Crippen LogP contribution in [0.4, 0.5) is 16.2 Å². The smallest absolute Gasteiger partial charge is 0.412 e. The molecule has 384 valence electrons. The summed E-state index contributed by atoms with van der Waals surface area (Å²) in [4.78, 5) is 89.9. The van der Waals surface area contributed by atoms with Gasteiger partial charge in [-0.1, -0.05) is 39.2 Å². The van der Waals surface area contributed by atoms with Gasteiger partial charge in [0.1, 0.15) is 17.5 Å². The second-order valence-electron chi connectivity index (χ2n) is 19.1. The molecule has 17 heteroatoms. The zero-order valence-electron chi connectivity index (χ0n) is 42.4. The molecule has 5 rings (SSSR count). The Balaban J connectivity index is 1.12. The number of nitrogens with one attached hydrogen (secondary N) is 2. The van der Waals surface area contributed by atoms with Gasteiger partial charge in [-0.05, 0) is 113 Å². The SMILES string of the molecule is CCCC(=O)Nc1cc(C[n+]2cccc(/C=C/C(=O)CCCCCC3CCN(C(=O)c4cccc(NC(=O)OC(C)(C)C)c4)CC3)c2)ccc1O[C@H]1O[C@H](CC)[C@@H](OC(C)=O)[C@H](OC(C)=O)[C@@H]1OC(C)=O. The number of piperidine rings is 1. The molecule has 0 radical (unpaired) electrons. The van der Waals surface area contributed by atoms with E-state index in [0.717, 1.165) is 49.7 Å². The summed E-state index contributed by atoms with van der Waals surface area (Å²) in [5, 5.41) is 5.63. The first-order valence-corrected chi connectivity index (χ1v) is 24.7. The Hall–Kier alpha value is -6.62. The number of carbonyl (C=O) groups excluding carboxylic acids is 7. The van der Waals surface area contributed by atoms with Gasteiger partial charge in [-0.25, -0.2) is 9.36 Å². The lowest BCUT2D eigenvalue weighted by atomic mass is 9.90. The van der Waals surface area contributed by atoms with Crippen LogP contribution in [0.2, 0.25) is 0 Å². The number of hydrogen-bond donors (Lipinski definition) is 2. The van der Waals surface area contributed by atoms with Crippen LogP contribution in [-0.2, 0) is 54.2 Å².